The molecule has 0 bridgehead atoms. The van der Waals surface area contributed by atoms with E-state index in [0.717, 1.165) is 16.9 Å². The van der Waals surface area contributed by atoms with E-state index in [0.29, 0.717) is 0 Å². The van der Waals surface area contributed by atoms with Crippen molar-refractivity contribution in [1.82, 2.24) is 0 Å². The van der Waals surface area contributed by atoms with E-state index < -0.39 is 0 Å². The van der Waals surface area contributed by atoms with Crippen molar-refractivity contribution in [3.8, 4) is 0 Å². The third-order valence-electron chi connectivity index (χ3n) is 1.59. The van der Waals surface area contributed by atoms with E-state index in [9.17, 15) is 0 Å². The molecule has 2 nitrogen and oxygen atoms in total. The van der Waals surface area contributed by atoms with Crippen molar-refractivity contribution in [2.75, 3.05) is 16.7 Å². The number of nitrogens with two attached hydrogens (primary N) is 1. The molecular weight excluding hydrogens is 156 g/mol. The van der Waals surface area contributed by atoms with E-state index in [1.165, 1.54) is 0 Å². The molecule has 60 valence electrons. The molecule has 0 aliphatic carbocycles. The molecule has 0 heterocycles. The summed E-state index contributed by atoms with van der Waals surface area (Å²) in [5, 5.41) is 0. The Morgan fingerprint density at radius 2 is 2.18 bits per heavy atom. The highest BCUT2D eigenvalue weighted by Gasteiger charge is 1.97. The van der Waals surface area contributed by atoms with Crippen LogP contribution in [0.5, 0.6) is 0 Å². The van der Waals surface area contributed by atoms with Gasteiger partial charge in [0.05, 0.1) is 0 Å². The largest absolute Gasteiger partial charge is 0.398 e. The number of nitrogen functional groups attached to an aromatic ring is 1. The molecule has 0 spiro atoms. The summed E-state index contributed by atoms with van der Waals surface area (Å²) >= 11 is 1.57. The highest BCUT2D eigenvalue weighted by molar-refractivity contribution is 7.99. The van der Waals surface area contributed by atoms with Gasteiger partial charge < -0.3 is 10.5 Å². The van der Waals surface area contributed by atoms with Gasteiger partial charge in [0.15, 0.2) is 0 Å². The maximum atomic E-state index is 5.70. The molecule has 0 aromatic heterocycles. The summed E-state index contributed by atoms with van der Waals surface area (Å²) in [6.45, 7) is 2.01. The highest BCUT2D eigenvalue weighted by atomic mass is 32.2. The fraction of sp³-hybridized carbons (Fsp3) is 0.250. The average molecular weight is 168 g/mol. The minimum absolute atomic E-state index is 0.837. The predicted octanol–water partition coefficient (Wildman–Crippen LogP) is 2.27. The Hall–Kier alpha value is -0.830. The van der Waals surface area contributed by atoms with Gasteiger partial charge in [-0.3, -0.25) is 0 Å². The van der Waals surface area contributed by atoms with Gasteiger partial charge in [-0.1, -0.05) is 18.0 Å². The van der Waals surface area contributed by atoms with Gasteiger partial charge in [-0.15, -0.1) is 0 Å². The lowest BCUT2D eigenvalue weighted by molar-refractivity contribution is 1.47. The van der Waals surface area contributed by atoms with Crippen molar-refractivity contribution in [2.24, 2.45) is 0 Å². The van der Waals surface area contributed by atoms with Crippen LogP contribution in [0.3, 0.4) is 0 Å². The number of rotatable bonds is 2. The van der Waals surface area contributed by atoms with Gasteiger partial charge in [0, 0.05) is 17.6 Å². The van der Waals surface area contributed by atoms with E-state index in [-0.39, 0.29) is 0 Å². The molecule has 3 N–H and O–H groups in total. The van der Waals surface area contributed by atoms with Crippen molar-refractivity contribution >= 4 is 23.3 Å². The second kappa shape index (κ2) is 3.53. The zero-order valence-corrected chi connectivity index (χ0v) is 7.53. The Kier molecular flexibility index (Phi) is 2.65. The smallest absolute Gasteiger partial charge is 0.0489 e. The van der Waals surface area contributed by atoms with Gasteiger partial charge in [0.25, 0.3) is 0 Å². The number of nitrogens with one attached hydrogen (secondary N) is 1. The van der Waals surface area contributed by atoms with Crippen LogP contribution in [0.4, 0.5) is 11.4 Å². The lowest BCUT2D eigenvalue weighted by Crippen LogP contribution is -1.93. The van der Waals surface area contributed by atoms with Crippen molar-refractivity contribution in [3.63, 3.8) is 0 Å². The second-order valence-corrected chi connectivity index (χ2v) is 2.94. The van der Waals surface area contributed by atoms with Gasteiger partial charge in [0.1, 0.15) is 0 Å². The Balaban J connectivity index is 2.96. The first-order valence-corrected chi connectivity index (χ1v) is 4.62. The molecule has 0 saturated carbocycles. The molecule has 3 heteroatoms. The van der Waals surface area contributed by atoms with Crippen LogP contribution >= 0.6 is 11.9 Å². The van der Waals surface area contributed by atoms with Gasteiger partial charge in [0.2, 0.25) is 0 Å². The molecular formula is C8H12N2S. The first-order chi connectivity index (χ1) is 5.25. The van der Waals surface area contributed by atoms with Crippen LogP contribution in [0, 0.1) is 6.92 Å². The second-order valence-electron chi connectivity index (χ2n) is 2.33. The predicted molar refractivity (Wildman–Crippen MR) is 52.7 cm³/mol. The summed E-state index contributed by atoms with van der Waals surface area (Å²) in [7, 11) is 0. The Morgan fingerprint density at radius 3 is 2.82 bits per heavy atom. The van der Waals surface area contributed by atoms with E-state index in [2.05, 4.69) is 4.72 Å². The monoisotopic (exact) mass is 168 g/mol. The minimum atomic E-state index is 0.837. The topological polar surface area (TPSA) is 38.0 Å². The summed E-state index contributed by atoms with van der Waals surface area (Å²) in [5.41, 5.74) is 8.75. The van der Waals surface area contributed by atoms with Crippen molar-refractivity contribution in [3.05, 3.63) is 23.8 Å². The van der Waals surface area contributed by atoms with Crippen LogP contribution in [0.25, 0.3) is 0 Å². The van der Waals surface area contributed by atoms with Crippen molar-refractivity contribution in [2.45, 2.75) is 6.92 Å². The van der Waals surface area contributed by atoms with Crippen molar-refractivity contribution < 1.29 is 0 Å². The summed E-state index contributed by atoms with van der Waals surface area (Å²) in [5.74, 6) is 0. The molecule has 0 aliphatic heterocycles. The molecule has 1 rings (SSSR count). The molecule has 11 heavy (non-hydrogen) atoms. The third kappa shape index (κ3) is 1.80. The number of anilines is 2. The maximum absolute atomic E-state index is 5.70. The summed E-state index contributed by atoms with van der Waals surface area (Å²) < 4.78 is 3.15. The lowest BCUT2D eigenvalue weighted by Gasteiger charge is -2.07. The van der Waals surface area contributed by atoms with Gasteiger partial charge in [-0.05, 0) is 24.6 Å². The Morgan fingerprint density at radius 1 is 1.45 bits per heavy atom. The van der Waals surface area contributed by atoms with Crippen molar-refractivity contribution in [1.29, 1.82) is 0 Å². The highest BCUT2D eigenvalue weighted by Crippen LogP contribution is 2.21. The number of hydrogen-bond donors (Lipinski definition) is 2. The van der Waals surface area contributed by atoms with Crippen LogP contribution in [-0.4, -0.2) is 6.26 Å². The molecule has 1 aromatic rings. The molecule has 0 radical (unpaired) electrons. The standard InChI is InChI=1S/C8H12N2S/c1-6-7(9)4-3-5-8(6)10-11-2/h3-5,10H,9H2,1-2H3. The summed E-state index contributed by atoms with van der Waals surface area (Å²) in [6, 6.07) is 5.86. The maximum Gasteiger partial charge on any atom is 0.0489 e. The molecule has 0 aliphatic rings. The van der Waals surface area contributed by atoms with Crippen LogP contribution in [0.1, 0.15) is 5.56 Å². The molecule has 0 fully saturated rings. The van der Waals surface area contributed by atoms with Crippen LogP contribution in [0.2, 0.25) is 0 Å². The molecule has 1 aromatic carbocycles. The minimum Gasteiger partial charge on any atom is -0.398 e. The number of benzene rings is 1. The first kappa shape index (κ1) is 8.27. The van der Waals surface area contributed by atoms with E-state index in [1.807, 2.05) is 31.4 Å². The van der Waals surface area contributed by atoms with Crippen LogP contribution in [0.15, 0.2) is 18.2 Å². The molecule has 0 unspecified atom stereocenters. The van der Waals surface area contributed by atoms with E-state index >= 15 is 0 Å². The summed E-state index contributed by atoms with van der Waals surface area (Å²) in [6.07, 6.45) is 1.99. The average Bonchev–Trinajstić information content (AvgIpc) is 1.99. The Bertz CT molecular complexity index is 248. The zero-order chi connectivity index (χ0) is 8.27. The van der Waals surface area contributed by atoms with Gasteiger partial charge >= 0.3 is 0 Å². The summed E-state index contributed by atoms with van der Waals surface area (Å²) in [4.78, 5) is 0. The van der Waals surface area contributed by atoms with Gasteiger partial charge in [-0.2, -0.15) is 0 Å². The quantitative estimate of drug-likeness (QED) is 0.525. The Labute approximate surface area is 71.3 Å². The number of hydrogen-bond acceptors (Lipinski definition) is 3. The lowest BCUT2D eigenvalue weighted by atomic mass is 10.2. The SMILES string of the molecule is CSNc1cccc(N)c1C. The molecule has 0 atom stereocenters. The van der Waals surface area contributed by atoms with E-state index in [1.54, 1.807) is 11.9 Å². The zero-order valence-electron chi connectivity index (χ0n) is 6.72. The molecule has 0 saturated heterocycles. The fourth-order valence-corrected chi connectivity index (χ4v) is 1.32. The fourth-order valence-electron chi connectivity index (χ4n) is 0.874. The normalized spacial score (nSPS) is 9.64. The van der Waals surface area contributed by atoms with Gasteiger partial charge in [-0.25, -0.2) is 0 Å². The first-order valence-electron chi connectivity index (χ1n) is 3.40. The van der Waals surface area contributed by atoms with E-state index in [4.69, 9.17) is 5.73 Å². The van der Waals surface area contributed by atoms with Crippen LogP contribution in [-0.2, 0) is 0 Å². The van der Waals surface area contributed by atoms with Crippen LogP contribution < -0.4 is 10.5 Å². The molecule has 0 amide bonds. The third-order valence-corrected chi connectivity index (χ3v) is 2.01.